The molecule has 1 aromatic carbocycles. The van der Waals surface area contributed by atoms with Crippen molar-refractivity contribution in [2.75, 3.05) is 5.73 Å². The van der Waals surface area contributed by atoms with Gasteiger partial charge in [0.2, 0.25) is 0 Å². The van der Waals surface area contributed by atoms with Gasteiger partial charge in [-0.15, -0.1) is 0 Å². The molecule has 0 saturated heterocycles. The van der Waals surface area contributed by atoms with Gasteiger partial charge in [-0.2, -0.15) is 0 Å². The van der Waals surface area contributed by atoms with Gasteiger partial charge >= 0.3 is 5.76 Å². The number of hydrogen-bond acceptors (Lipinski definition) is 3. The maximum atomic E-state index is 11.5. The molecule has 1 heterocycles. The van der Waals surface area contributed by atoms with Crippen LogP contribution in [0.15, 0.2) is 27.4 Å². The zero-order valence-electron chi connectivity index (χ0n) is 8.15. The van der Waals surface area contributed by atoms with Crippen LogP contribution in [0.1, 0.15) is 19.9 Å². The van der Waals surface area contributed by atoms with Crippen LogP contribution in [0.5, 0.6) is 0 Å². The second-order valence-corrected chi connectivity index (χ2v) is 3.53. The number of fused-ring (bicyclic) bond motifs is 1. The zero-order chi connectivity index (χ0) is 10.3. The first-order valence-corrected chi connectivity index (χ1v) is 4.51. The van der Waals surface area contributed by atoms with Crippen molar-refractivity contribution >= 4 is 16.8 Å². The average molecular weight is 192 g/mol. The van der Waals surface area contributed by atoms with E-state index in [1.54, 1.807) is 22.8 Å². The van der Waals surface area contributed by atoms with E-state index in [1.807, 2.05) is 13.8 Å². The summed E-state index contributed by atoms with van der Waals surface area (Å²) >= 11 is 0. The van der Waals surface area contributed by atoms with E-state index < -0.39 is 0 Å². The molecule has 0 aliphatic rings. The van der Waals surface area contributed by atoms with Gasteiger partial charge in [0.15, 0.2) is 5.58 Å². The Bertz CT molecular complexity index is 522. The van der Waals surface area contributed by atoms with Gasteiger partial charge in [0.25, 0.3) is 0 Å². The van der Waals surface area contributed by atoms with Gasteiger partial charge in [-0.1, -0.05) is 6.07 Å². The normalized spacial score (nSPS) is 11.4. The van der Waals surface area contributed by atoms with Crippen LogP contribution in [0.25, 0.3) is 11.1 Å². The number of benzene rings is 1. The van der Waals surface area contributed by atoms with E-state index >= 15 is 0 Å². The lowest BCUT2D eigenvalue weighted by Gasteiger charge is -2.06. The second kappa shape index (κ2) is 2.90. The molecule has 74 valence electrons. The van der Waals surface area contributed by atoms with Gasteiger partial charge in [-0.05, 0) is 26.0 Å². The molecule has 4 heteroatoms. The van der Waals surface area contributed by atoms with Crippen LogP contribution in [0.3, 0.4) is 0 Å². The first-order chi connectivity index (χ1) is 6.61. The number of hydrogen-bond donors (Lipinski definition) is 1. The third-order valence-corrected chi connectivity index (χ3v) is 2.18. The predicted molar refractivity (Wildman–Crippen MR) is 55.3 cm³/mol. The summed E-state index contributed by atoms with van der Waals surface area (Å²) < 4.78 is 6.63. The molecule has 0 radical (unpaired) electrons. The van der Waals surface area contributed by atoms with Crippen molar-refractivity contribution in [1.82, 2.24) is 4.57 Å². The molecule has 14 heavy (non-hydrogen) atoms. The quantitative estimate of drug-likeness (QED) is 0.700. The van der Waals surface area contributed by atoms with Gasteiger partial charge in [-0.25, -0.2) is 4.79 Å². The Morgan fingerprint density at radius 3 is 2.79 bits per heavy atom. The van der Waals surface area contributed by atoms with Crippen molar-refractivity contribution in [3.63, 3.8) is 0 Å². The highest BCUT2D eigenvalue weighted by Gasteiger charge is 2.13. The molecule has 0 spiro atoms. The van der Waals surface area contributed by atoms with Gasteiger partial charge in [0.1, 0.15) is 5.52 Å². The number of nitrogens with zero attached hydrogens (tertiary/aromatic N) is 1. The van der Waals surface area contributed by atoms with Crippen molar-refractivity contribution in [3.8, 4) is 0 Å². The van der Waals surface area contributed by atoms with E-state index in [9.17, 15) is 4.79 Å². The monoisotopic (exact) mass is 192 g/mol. The number of anilines is 1. The summed E-state index contributed by atoms with van der Waals surface area (Å²) in [5, 5.41) is 0. The molecule has 0 aliphatic carbocycles. The Balaban J connectivity index is 2.94. The molecule has 0 saturated carbocycles. The van der Waals surface area contributed by atoms with E-state index in [0.29, 0.717) is 16.8 Å². The molecule has 0 aliphatic heterocycles. The van der Waals surface area contributed by atoms with Crippen LogP contribution < -0.4 is 11.5 Å². The minimum atomic E-state index is -0.354. The van der Waals surface area contributed by atoms with Crippen LogP contribution in [0, 0.1) is 0 Å². The summed E-state index contributed by atoms with van der Waals surface area (Å²) in [6.45, 7) is 3.84. The van der Waals surface area contributed by atoms with Gasteiger partial charge in [-0.3, -0.25) is 4.57 Å². The van der Waals surface area contributed by atoms with Crippen LogP contribution in [0.2, 0.25) is 0 Å². The fraction of sp³-hybridized carbons (Fsp3) is 0.300. The Morgan fingerprint density at radius 2 is 2.14 bits per heavy atom. The molecule has 2 rings (SSSR count). The minimum absolute atomic E-state index is 0.0495. The summed E-state index contributed by atoms with van der Waals surface area (Å²) in [4.78, 5) is 11.5. The van der Waals surface area contributed by atoms with Crippen molar-refractivity contribution in [2.45, 2.75) is 19.9 Å². The Labute approximate surface area is 80.9 Å². The van der Waals surface area contributed by atoms with E-state index in [4.69, 9.17) is 10.2 Å². The summed E-state index contributed by atoms with van der Waals surface area (Å²) in [7, 11) is 0. The first-order valence-electron chi connectivity index (χ1n) is 4.51. The van der Waals surface area contributed by atoms with Gasteiger partial charge in [0, 0.05) is 6.04 Å². The lowest BCUT2D eigenvalue weighted by atomic mass is 10.2. The maximum Gasteiger partial charge on any atom is 0.420 e. The standard InChI is InChI=1S/C10H12N2O2/c1-6(2)12-9-7(11)4-3-5-8(9)14-10(12)13/h3-6H,11H2,1-2H3. The highest BCUT2D eigenvalue weighted by atomic mass is 16.4. The van der Waals surface area contributed by atoms with Crippen LogP contribution >= 0.6 is 0 Å². The SMILES string of the molecule is CC(C)n1c(=O)oc2cccc(N)c21. The number of rotatable bonds is 1. The molecule has 0 atom stereocenters. The molecule has 0 amide bonds. The predicted octanol–water partition coefficient (Wildman–Crippen LogP) is 1.76. The fourth-order valence-electron chi connectivity index (χ4n) is 1.58. The van der Waals surface area contributed by atoms with E-state index in [2.05, 4.69) is 0 Å². The second-order valence-electron chi connectivity index (χ2n) is 3.53. The van der Waals surface area contributed by atoms with E-state index in [1.165, 1.54) is 0 Å². The number of para-hydroxylation sites is 1. The van der Waals surface area contributed by atoms with Crippen LogP contribution in [-0.2, 0) is 0 Å². The fourth-order valence-corrected chi connectivity index (χ4v) is 1.58. The number of aromatic nitrogens is 1. The van der Waals surface area contributed by atoms with E-state index in [-0.39, 0.29) is 11.8 Å². The maximum absolute atomic E-state index is 11.5. The highest BCUT2D eigenvalue weighted by Crippen LogP contribution is 2.22. The zero-order valence-corrected chi connectivity index (χ0v) is 8.15. The number of nitrogen functional groups attached to an aromatic ring is 1. The van der Waals surface area contributed by atoms with Gasteiger partial charge in [0.05, 0.1) is 5.69 Å². The minimum Gasteiger partial charge on any atom is -0.408 e. The van der Waals surface area contributed by atoms with Gasteiger partial charge < -0.3 is 10.2 Å². The molecule has 0 fully saturated rings. The first kappa shape index (κ1) is 8.87. The molecular formula is C10H12N2O2. The third kappa shape index (κ3) is 1.11. The smallest absolute Gasteiger partial charge is 0.408 e. The van der Waals surface area contributed by atoms with Crippen molar-refractivity contribution in [1.29, 1.82) is 0 Å². The Morgan fingerprint density at radius 1 is 1.43 bits per heavy atom. The van der Waals surface area contributed by atoms with E-state index in [0.717, 1.165) is 0 Å². The summed E-state index contributed by atoms with van der Waals surface area (Å²) in [6, 6.07) is 5.32. The number of oxazole rings is 1. The third-order valence-electron chi connectivity index (χ3n) is 2.18. The summed E-state index contributed by atoms with van der Waals surface area (Å²) in [6.07, 6.45) is 0. The lowest BCUT2D eigenvalue weighted by molar-refractivity contribution is 0.478. The summed E-state index contributed by atoms with van der Waals surface area (Å²) in [5.41, 5.74) is 7.59. The molecule has 1 aromatic heterocycles. The summed E-state index contributed by atoms with van der Waals surface area (Å²) in [5.74, 6) is -0.354. The molecule has 0 unspecified atom stereocenters. The molecule has 2 N–H and O–H groups in total. The number of nitrogens with two attached hydrogens (primary N) is 1. The molecule has 2 aromatic rings. The highest BCUT2D eigenvalue weighted by molar-refractivity contribution is 5.85. The Hall–Kier alpha value is -1.71. The molecule has 4 nitrogen and oxygen atoms in total. The van der Waals surface area contributed by atoms with Crippen LogP contribution in [0.4, 0.5) is 5.69 Å². The molecular weight excluding hydrogens is 180 g/mol. The Kier molecular flexibility index (Phi) is 1.84. The lowest BCUT2D eigenvalue weighted by Crippen LogP contribution is -2.16. The largest absolute Gasteiger partial charge is 0.420 e. The molecule has 0 bridgehead atoms. The van der Waals surface area contributed by atoms with Crippen LogP contribution in [-0.4, -0.2) is 4.57 Å². The topological polar surface area (TPSA) is 61.2 Å². The average Bonchev–Trinajstić information content (AvgIpc) is 2.42. The van der Waals surface area contributed by atoms with Crippen molar-refractivity contribution < 1.29 is 4.42 Å². The van der Waals surface area contributed by atoms with Crippen molar-refractivity contribution in [3.05, 3.63) is 28.7 Å². The van der Waals surface area contributed by atoms with Crippen molar-refractivity contribution in [2.24, 2.45) is 0 Å².